The lowest BCUT2D eigenvalue weighted by atomic mass is 9.93. The Balaban J connectivity index is 1.86. The van der Waals surface area contributed by atoms with E-state index in [1.54, 1.807) is 0 Å². The van der Waals surface area contributed by atoms with Gasteiger partial charge in [0.1, 0.15) is 0 Å². The van der Waals surface area contributed by atoms with E-state index in [9.17, 15) is 0 Å². The summed E-state index contributed by atoms with van der Waals surface area (Å²) in [6.45, 7) is 8.31. The van der Waals surface area contributed by atoms with Gasteiger partial charge in [-0.25, -0.2) is 0 Å². The zero-order chi connectivity index (χ0) is 9.26. The van der Waals surface area contributed by atoms with E-state index >= 15 is 0 Å². The summed E-state index contributed by atoms with van der Waals surface area (Å²) in [5.41, 5.74) is 0. The summed E-state index contributed by atoms with van der Waals surface area (Å²) in [5.74, 6) is 2.83. The number of hydrogen-bond acceptors (Lipinski definition) is 1. The fourth-order valence-corrected chi connectivity index (χ4v) is 2.92. The van der Waals surface area contributed by atoms with Crippen LogP contribution in [-0.2, 0) is 0 Å². The minimum Gasteiger partial charge on any atom is -0.304 e. The number of fused-ring (bicyclic) bond motifs is 2. The van der Waals surface area contributed by atoms with Gasteiger partial charge in [0, 0.05) is 6.54 Å². The standard InChI is InChI=1S/C12H21N/c1-3-13(4-2)9-12-8-10-5-6-11(12)7-10/h5-6,10-12H,3-4,7-9H2,1-2H3. The average molecular weight is 179 g/mol. The molecule has 13 heavy (non-hydrogen) atoms. The molecule has 1 saturated carbocycles. The van der Waals surface area contributed by atoms with Crippen LogP contribution >= 0.6 is 0 Å². The predicted octanol–water partition coefficient (Wildman–Crippen LogP) is 2.54. The van der Waals surface area contributed by atoms with Crippen molar-refractivity contribution in [3.63, 3.8) is 0 Å². The number of hydrogen-bond donors (Lipinski definition) is 0. The van der Waals surface area contributed by atoms with Gasteiger partial charge in [-0.3, -0.25) is 0 Å². The van der Waals surface area contributed by atoms with E-state index in [1.165, 1.54) is 32.5 Å². The topological polar surface area (TPSA) is 3.24 Å². The Labute approximate surface area is 81.8 Å². The van der Waals surface area contributed by atoms with E-state index in [0.717, 1.165) is 17.8 Å². The van der Waals surface area contributed by atoms with Gasteiger partial charge < -0.3 is 4.90 Å². The zero-order valence-electron chi connectivity index (χ0n) is 8.87. The van der Waals surface area contributed by atoms with Crippen molar-refractivity contribution >= 4 is 0 Å². The summed E-state index contributed by atoms with van der Waals surface area (Å²) in [6, 6.07) is 0. The molecule has 1 fully saturated rings. The van der Waals surface area contributed by atoms with Crippen LogP contribution in [0, 0.1) is 17.8 Å². The Hall–Kier alpha value is -0.300. The first-order valence-corrected chi connectivity index (χ1v) is 5.74. The summed E-state index contributed by atoms with van der Waals surface area (Å²) >= 11 is 0. The molecule has 0 saturated heterocycles. The molecule has 0 radical (unpaired) electrons. The minimum atomic E-state index is 0.922. The van der Waals surface area contributed by atoms with Gasteiger partial charge in [0.25, 0.3) is 0 Å². The molecule has 2 rings (SSSR count). The fraction of sp³-hybridized carbons (Fsp3) is 0.833. The van der Waals surface area contributed by atoms with Crippen LogP contribution in [0.1, 0.15) is 26.7 Å². The zero-order valence-corrected chi connectivity index (χ0v) is 8.87. The van der Waals surface area contributed by atoms with Gasteiger partial charge in [-0.2, -0.15) is 0 Å². The van der Waals surface area contributed by atoms with Gasteiger partial charge in [-0.05, 0) is 43.7 Å². The summed E-state index contributed by atoms with van der Waals surface area (Å²) < 4.78 is 0. The molecular weight excluding hydrogens is 158 g/mol. The first-order valence-electron chi connectivity index (χ1n) is 5.74. The van der Waals surface area contributed by atoms with Crippen LogP contribution in [0.4, 0.5) is 0 Å². The SMILES string of the molecule is CCN(CC)CC1CC2C=CC1C2. The Bertz CT molecular complexity index is 193. The molecule has 0 aromatic rings. The molecule has 0 aromatic carbocycles. The summed E-state index contributed by atoms with van der Waals surface area (Å²) in [5, 5.41) is 0. The second-order valence-electron chi connectivity index (χ2n) is 4.53. The summed E-state index contributed by atoms with van der Waals surface area (Å²) in [7, 11) is 0. The highest BCUT2D eigenvalue weighted by molar-refractivity contribution is 5.10. The second kappa shape index (κ2) is 3.83. The van der Waals surface area contributed by atoms with Gasteiger partial charge in [0.05, 0.1) is 0 Å². The smallest absolute Gasteiger partial charge is 0.00153 e. The quantitative estimate of drug-likeness (QED) is 0.599. The van der Waals surface area contributed by atoms with Crippen molar-refractivity contribution in [2.24, 2.45) is 17.8 Å². The first-order chi connectivity index (χ1) is 6.33. The Morgan fingerprint density at radius 3 is 2.38 bits per heavy atom. The van der Waals surface area contributed by atoms with E-state index < -0.39 is 0 Å². The molecule has 1 heteroatoms. The number of nitrogens with zero attached hydrogens (tertiary/aromatic N) is 1. The highest BCUT2D eigenvalue weighted by Crippen LogP contribution is 2.43. The normalized spacial score (nSPS) is 36.4. The summed E-state index contributed by atoms with van der Waals surface area (Å²) in [6.07, 6.45) is 7.80. The maximum Gasteiger partial charge on any atom is 0.00153 e. The number of rotatable bonds is 4. The highest BCUT2D eigenvalue weighted by atomic mass is 15.1. The lowest BCUT2D eigenvalue weighted by Crippen LogP contribution is -2.30. The third-order valence-corrected chi connectivity index (χ3v) is 3.80. The van der Waals surface area contributed by atoms with Crippen molar-refractivity contribution < 1.29 is 0 Å². The lowest BCUT2D eigenvalue weighted by molar-refractivity contribution is 0.233. The Morgan fingerprint density at radius 1 is 1.15 bits per heavy atom. The van der Waals surface area contributed by atoms with Crippen molar-refractivity contribution in [2.75, 3.05) is 19.6 Å². The molecular formula is C12H21N. The molecule has 0 amide bonds. The van der Waals surface area contributed by atoms with Crippen LogP contribution < -0.4 is 0 Å². The molecule has 3 atom stereocenters. The van der Waals surface area contributed by atoms with Gasteiger partial charge in [0.2, 0.25) is 0 Å². The molecule has 0 spiro atoms. The van der Waals surface area contributed by atoms with E-state index in [2.05, 4.69) is 30.9 Å². The first kappa shape index (κ1) is 9.26. The highest BCUT2D eigenvalue weighted by Gasteiger charge is 2.35. The van der Waals surface area contributed by atoms with Gasteiger partial charge in [0.15, 0.2) is 0 Å². The largest absolute Gasteiger partial charge is 0.304 e. The van der Waals surface area contributed by atoms with Crippen LogP contribution in [0.5, 0.6) is 0 Å². The molecule has 2 aliphatic carbocycles. The fourth-order valence-electron chi connectivity index (χ4n) is 2.92. The molecule has 2 aliphatic rings. The van der Waals surface area contributed by atoms with Crippen molar-refractivity contribution in [3.8, 4) is 0 Å². The molecule has 0 aromatic heterocycles. The van der Waals surface area contributed by atoms with E-state index in [0.29, 0.717) is 0 Å². The van der Waals surface area contributed by atoms with E-state index in [4.69, 9.17) is 0 Å². The van der Waals surface area contributed by atoms with Crippen LogP contribution in [0.3, 0.4) is 0 Å². The molecule has 0 heterocycles. The van der Waals surface area contributed by atoms with Crippen molar-refractivity contribution in [1.29, 1.82) is 0 Å². The van der Waals surface area contributed by atoms with Gasteiger partial charge in [-0.15, -0.1) is 0 Å². The van der Waals surface area contributed by atoms with Crippen LogP contribution in [0.2, 0.25) is 0 Å². The molecule has 74 valence electrons. The molecule has 0 aliphatic heterocycles. The molecule has 2 bridgehead atoms. The average Bonchev–Trinajstić information content (AvgIpc) is 2.75. The third-order valence-electron chi connectivity index (χ3n) is 3.80. The lowest BCUT2D eigenvalue weighted by Gasteiger charge is -2.26. The van der Waals surface area contributed by atoms with Crippen molar-refractivity contribution in [1.82, 2.24) is 4.90 Å². The van der Waals surface area contributed by atoms with Crippen molar-refractivity contribution in [3.05, 3.63) is 12.2 Å². The minimum absolute atomic E-state index is 0.922. The van der Waals surface area contributed by atoms with Crippen molar-refractivity contribution in [2.45, 2.75) is 26.7 Å². The second-order valence-corrected chi connectivity index (χ2v) is 4.53. The van der Waals surface area contributed by atoms with Gasteiger partial charge in [-0.1, -0.05) is 26.0 Å². The predicted molar refractivity (Wildman–Crippen MR) is 56.6 cm³/mol. The van der Waals surface area contributed by atoms with Crippen LogP contribution in [-0.4, -0.2) is 24.5 Å². The van der Waals surface area contributed by atoms with Crippen LogP contribution in [0.25, 0.3) is 0 Å². The molecule has 1 nitrogen and oxygen atoms in total. The molecule has 3 unspecified atom stereocenters. The molecule has 0 N–H and O–H groups in total. The Kier molecular flexibility index (Phi) is 2.73. The maximum absolute atomic E-state index is 2.57. The van der Waals surface area contributed by atoms with E-state index in [-0.39, 0.29) is 0 Å². The van der Waals surface area contributed by atoms with Gasteiger partial charge >= 0.3 is 0 Å². The van der Waals surface area contributed by atoms with E-state index in [1.807, 2.05) is 0 Å². The van der Waals surface area contributed by atoms with Crippen LogP contribution in [0.15, 0.2) is 12.2 Å². The monoisotopic (exact) mass is 179 g/mol. The Morgan fingerprint density at radius 2 is 1.92 bits per heavy atom. The summed E-state index contributed by atoms with van der Waals surface area (Å²) in [4.78, 5) is 2.57. The maximum atomic E-state index is 2.57. The number of allylic oxidation sites excluding steroid dienone is 2. The third kappa shape index (κ3) is 1.80.